The van der Waals surface area contributed by atoms with Gasteiger partial charge in [0.2, 0.25) is 0 Å². The number of rotatable bonds is 2. The minimum absolute atomic E-state index is 0.582. The summed E-state index contributed by atoms with van der Waals surface area (Å²) in [5.41, 5.74) is 4.73. The molecule has 0 bridgehead atoms. The molecule has 0 atom stereocenters. The van der Waals surface area contributed by atoms with Crippen LogP contribution < -0.4 is 5.43 Å². The minimum atomic E-state index is 0.582. The number of likely N-dealkylation sites (N-methyl/N-ethyl adjacent to an activating group) is 1. The Bertz CT molecular complexity index is 433. The van der Waals surface area contributed by atoms with E-state index in [2.05, 4.69) is 28.5 Å². The Morgan fingerprint density at radius 2 is 2.00 bits per heavy atom. The van der Waals surface area contributed by atoms with Crippen LogP contribution in [0.15, 0.2) is 18.2 Å². The van der Waals surface area contributed by atoms with Crippen LogP contribution in [-0.2, 0) is 0 Å². The third-order valence-corrected chi connectivity index (χ3v) is 3.19. The van der Waals surface area contributed by atoms with Crippen molar-refractivity contribution >= 4 is 17.3 Å². The number of nitrogens with one attached hydrogen (secondary N) is 1. The van der Waals surface area contributed by atoms with Crippen molar-refractivity contribution < 1.29 is 0 Å². The molecule has 0 saturated carbocycles. The molecular formula is C12H15ClN4. The van der Waals surface area contributed by atoms with Gasteiger partial charge < -0.3 is 10.3 Å². The zero-order valence-corrected chi connectivity index (χ0v) is 10.5. The summed E-state index contributed by atoms with van der Waals surface area (Å²) < 4.78 is 0. The summed E-state index contributed by atoms with van der Waals surface area (Å²) in [5.74, 6) is 0. The quantitative estimate of drug-likeness (QED) is 0.869. The Kier molecular flexibility index (Phi) is 3.85. The van der Waals surface area contributed by atoms with Gasteiger partial charge in [-0.15, -0.1) is 0 Å². The van der Waals surface area contributed by atoms with E-state index < -0.39 is 0 Å². The van der Waals surface area contributed by atoms with Crippen LogP contribution in [0.25, 0.3) is 0 Å². The normalized spacial score (nSPS) is 17.7. The number of hydrogen-bond donors (Lipinski definition) is 1. The predicted molar refractivity (Wildman–Crippen MR) is 68.9 cm³/mol. The van der Waals surface area contributed by atoms with Crippen molar-refractivity contribution in [2.75, 3.05) is 38.7 Å². The fraction of sp³-hybridized carbons (Fsp3) is 0.417. The fourth-order valence-corrected chi connectivity index (χ4v) is 1.99. The maximum Gasteiger partial charge on any atom is 0.0992 e. The molecule has 0 amide bonds. The van der Waals surface area contributed by atoms with Gasteiger partial charge in [-0.2, -0.15) is 5.26 Å². The van der Waals surface area contributed by atoms with E-state index in [9.17, 15) is 0 Å². The molecule has 1 heterocycles. The van der Waals surface area contributed by atoms with Crippen LogP contribution in [0.5, 0.6) is 0 Å². The first kappa shape index (κ1) is 12.2. The minimum Gasteiger partial charge on any atom is -0.317 e. The van der Waals surface area contributed by atoms with Crippen molar-refractivity contribution in [1.82, 2.24) is 9.91 Å². The number of hydrogen-bond acceptors (Lipinski definition) is 4. The van der Waals surface area contributed by atoms with Crippen LogP contribution in [0.4, 0.5) is 5.69 Å². The van der Waals surface area contributed by atoms with Crippen molar-refractivity contribution in [1.29, 1.82) is 5.26 Å². The second kappa shape index (κ2) is 5.37. The molecule has 0 radical (unpaired) electrons. The van der Waals surface area contributed by atoms with Crippen LogP contribution in [-0.4, -0.2) is 43.1 Å². The Morgan fingerprint density at radius 3 is 2.59 bits per heavy atom. The van der Waals surface area contributed by atoms with Gasteiger partial charge in [0.15, 0.2) is 0 Å². The molecule has 1 aromatic rings. The summed E-state index contributed by atoms with van der Waals surface area (Å²) in [5, 5.41) is 11.5. The van der Waals surface area contributed by atoms with Gasteiger partial charge in [0.05, 0.1) is 22.3 Å². The third-order valence-electron chi connectivity index (χ3n) is 2.88. The first-order chi connectivity index (χ1) is 8.19. The Hall–Kier alpha value is -1.28. The highest BCUT2D eigenvalue weighted by Crippen LogP contribution is 2.23. The Labute approximate surface area is 106 Å². The molecule has 1 aliphatic rings. The molecule has 5 heteroatoms. The molecular weight excluding hydrogens is 236 g/mol. The lowest BCUT2D eigenvalue weighted by Gasteiger charge is -2.33. The number of nitriles is 1. The molecule has 1 fully saturated rings. The van der Waals surface area contributed by atoms with E-state index in [0.29, 0.717) is 10.6 Å². The second-order valence-electron chi connectivity index (χ2n) is 4.21. The first-order valence-corrected chi connectivity index (χ1v) is 5.96. The highest BCUT2D eigenvalue weighted by Gasteiger charge is 2.14. The van der Waals surface area contributed by atoms with Crippen LogP contribution in [0.3, 0.4) is 0 Å². The molecule has 4 nitrogen and oxygen atoms in total. The molecule has 0 unspecified atom stereocenters. The molecule has 0 spiro atoms. The van der Waals surface area contributed by atoms with Crippen molar-refractivity contribution in [3.05, 3.63) is 28.8 Å². The maximum absolute atomic E-state index is 8.76. The zero-order chi connectivity index (χ0) is 12.3. The summed E-state index contributed by atoms with van der Waals surface area (Å²) in [7, 11) is 2.12. The molecule has 1 N–H and O–H groups in total. The highest BCUT2D eigenvalue weighted by molar-refractivity contribution is 6.33. The molecule has 0 aliphatic carbocycles. The standard InChI is InChI=1S/C12H15ClN4/c1-16-4-6-17(7-5-16)15-12-3-2-10(9-14)8-11(12)13/h2-3,8,15H,4-7H2,1H3. The van der Waals surface area contributed by atoms with E-state index in [1.807, 2.05) is 6.07 Å². The molecule has 2 rings (SSSR count). The third kappa shape index (κ3) is 3.10. The van der Waals surface area contributed by atoms with E-state index in [1.165, 1.54) is 0 Å². The lowest BCUT2D eigenvalue weighted by atomic mass is 10.2. The molecule has 1 saturated heterocycles. The smallest absolute Gasteiger partial charge is 0.0992 e. The predicted octanol–water partition coefficient (Wildman–Crippen LogP) is 1.79. The van der Waals surface area contributed by atoms with Crippen molar-refractivity contribution in [3.63, 3.8) is 0 Å². The molecule has 1 aromatic carbocycles. The number of anilines is 1. The number of benzene rings is 1. The van der Waals surface area contributed by atoms with Crippen LogP contribution in [0, 0.1) is 11.3 Å². The van der Waals surface area contributed by atoms with Gasteiger partial charge in [-0.25, -0.2) is 5.01 Å². The van der Waals surface area contributed by atoms with E-state index in [4.69, 9.17) is 16.9 Å². The number of nitrogens with zero attached hydrogens (tertiary/aromatic N) is 3. The lowest BCUT2D eigenvalue weighted by molar-refractivity contribution is 0.179. The number of halogens is 1. The van der Waals surface area contributed by atoms with E-state index in [0.717, 1.165) is 31.9 Å². The summed E-state index contributed by atoms with van der Waals surface area (Å²) in [6, 6.07) is 7.37. The summed E-state index contributed by atoms with van der Waals surface area (Å²) in [4.78, 5) is 2.29. The SMILES string of the molecule is CN1CCN(Nc2ccc(C#N)cc2Cl)CC1. The molecule has 90 valence electrons. The largest absolute Gasteiger partial charge is 0.317 e. The van der Waals surface area contributed by atoms with Gasteiger partial charge in [0.1, 0.15) is 0 Å². The van der Waals surface area contributed by atoms with E-state index in [1.54, 1.807) is 12.1 Å². The zero-order valence-electron chi connectivity index (χ0n) is 9.78. The van der Waals surface area contributed by atoms with Crippen molar-refractivity contribution in [3.8, 4) is 6.07 Å². The first-order valence-electron chi connectivity index (χ1n) is 5.59. The summed E-state index contributed by atoms with van der Waals surface area (Å²) in [6.45, 7) is 4.02. The number of hydrazine groups is 1. The molecule has 17 heavy (non-hydrogen) atoms. The summed E-state index contributed by atoms with van der Waals surface area (Å²) in [6.07, 6.45) is 0. The topological polar surface area (TPSA) is 42.3 Å². The van der Waals surface area contributed by atoms with Crippen LogP contribution in [0.2, 0.25) is 5.02 Å². The van der Waals surface area contributed by atoms with Gasteiger partial charge >= 0.3 is 0 Å². The Balaban J connectivity index is 2.02. The van der Waals surface area contributed by atoms with E-state index >= 15 is 0 Å². The average molecular weight is 251 g/mol. The van der Waals surface area contributed by atoms with Gasteiger partial charge in [0, 0.05) is 26.2 Å². The summed E-state index contributed by atoms with van der Waals surface area (Å²) >= 11 is 6.11. The lowest BCUT2D eigenvalue weighted by Crippen LogP contribution is -2.46. The van der Waals surface area contributed by atoms with Crippen molar-refractivity contribution in [2.45, 2.75) is 0 Å². The number of piperazine rings is 1. The highest BCUT2D eigenvalue weighted by atomic mass is 35.5. The van der Waals surface area contributed by atoms with Gasteiger partial charge in [-0.3, -0.25) is 0 Å². The van der Waals surface area contributed by atoms with Crippen LogP contribution in [0.1, 0.15) is 5.56 Å². The Morgan fingerprint density at radius 1 is 1.29 bits per heavy atom. The van der Waals surface area contributed by atoms with Crippen molar-refractivity contribution in [2.24, 2.45) is 0 Å². The fourth-order valence-electron chi connectivity index (χ4n) is 1.76. The monoisotopic (exact) mass is 250 g/mol. The average Bonchev–Trinajstić information content (AvgIpc) is 2.34. The van der Waals surface area contributed by atoms with E-state index in [-0.39, 0.29) is 0 Å². The molecule has 0 aromatic heterocycles. The van der Waals surface area contributed by atoms with Gasteiger partial charge in [0.25, 0.3) is 0 Å². The maximum atomic E-state index is 8.76. The van der Waals surface area contributed by atoms with Crippen LogP contribution >= 0.6 is 11.6 Å². The molecule has 1 aliphatic heterocycles. The second-order valence-corrected chi connectivity index (χ2v) is 4.62. The van der Waals surface area contributed by atoms with Gasteiger partial charge in [-0.1, -0.05) is 11.6 Å². The van der Waals surface area contributed by atoms with Gasteiger partial charge in [-0.05, 0) is 25.2 Å².